The van der Waals surface area contributed by atoms with Crippen molar-refractivity contribution in [2.45, 2.75) is 64.6 Å². The first kappa shape index (κ1) is 12.4. The molecular formula is C14H28N2. The summed E-state index contributed by atoms with van der Waals surface area (Å²) in [5.74, 6) is 1.76. The average molecular weight is 224 g/mol. The van der Waals surface area contributed by atoms with E-state index in [0.29, 0.717) is 0 Å². The van der Waals surface area contributed by atoms with E-state index in [1.807, 2.05) is 0 Å². The molecule has 0 aromatic carbocycles. The van der Waals surface area contributed by atoms with Crippen LogP contribution in [0.4, 0.5) is 0 Å². The maximum atomic E-state index is 3.92. The number of hydrogen-bond acceptors (Lipinski definition) is 2. The minimum atomic E-state index is 0.734. The molecule has 0 amide bonds. The fraction of sp³-hybridized carbons (Fsp3) is 1.00. The third-order valence-corrected chi connectivity index (χ3v) is 5.04. The molecule has 2 rings (SSSR count). The molecule has 94 valence electrons. The molecule has 1 saturated heterocycles. The molecule has 2 aliphatic rings. The summed E-state index contributed by atoms with van der Waals surface area (Å²) in [4.78, 5) is 2.48. The zero-order valence-corrected chi connectivity index (χ0v) is 11.4. The van der Waals surface area contributed by atoms with Crippen molar-refractivity contribution in [3.63, 3.8) is 0 Å². The molecule has 16 heavy (non-hydrogen) atoms. The van der Waals surface area contributed by atoms with Crippen LogP contribution in [-0.4, -0.2) is 36.6 Å². The van der Waals surface area contributed by atoms with E-state index >= 15 is 0 Å². The van der Waals surface area contributed by atoms with Crippen molar-refractivity contribution in [2.24, 2.45) is 11.8 Å². The molecule has 1 aliphatic carbocycles. The molecule has 1 saturated carbocycles. The first-order valence-corrected chi connectivity index (χ1v) is 7.04. The standard InChI is InChI=1S/C14H28N2/c1-10-6-5-7-14(12(10)3)15-13-8-11(2)16(4)9-13/h10-15H,5-9H2,1-4H3. The van der Waals surface area contributed by atoms with Crippen LogP contribution in [0.2, 0.25) is 0 Å². The monoisotopic (exact) mass is 224 g/mol. The van der Waals surface area contributed by atoms with E-state index in [4.69, 9.17) is 0 Å². The summed E-state index contributed by atoms with van der Waals surface area (Å²) >= 11 is 0. The molecule has 0 spiro atoms. The second-order valence-electron chi connectivity index (χ2n) is 6.26. The minimum Gasteiger partial charge on any atom is -0.310 e. The lowest BCUT2D eigenvalue weighted by Crippen LogP contribution is -2.46. The van der Waals surface area contributed by atoms with Gasteiger partial charge in [0.25, 0.3) is 0 Å². The summed E-state index contributed by atoms with van der Waals surface area (Å²) in [5.41, 5.74) is 0. The highest BCUT2D eigenvalue weighted by atomic mass is 15.2. The molecule has 1 aliphatic heterocycles. The van der Waals surface area contributed by atoms with E-state index in [2.05, 4.69) is 38.0 Å². The minimum absolute atomic E-state index is 0.734. The van der Waals surface area contributed by atoms with Crippen molar-refractivity contribution >= 4 is 0 Å². The van der Waals surface area contributed by atoms with Crippen LogP contribution in [0.1, 0.15) is 46.5 Å². The fourth-order valence-electron chi connectivity index (χ4n) is 3.43. The first-order chi connectivity index (χ1) is 7.58. The van der Waals surface area contributed by atoms with Crippen LogP contribution in [0.25, 0.3) is 0 Å². The fourth-order valence-corrected chi connectivity index (χ4v) is 3.43. The van der Waals surface area contributed by atoms with Gasteiger partial charge in [0, 0.05) is 24.7 Å². The zero-order chi connectivity index (χ0) is 11.7. The topological polar surface area (TPSA) is 15.3 Å². The van der Waals surface area contributed by atoms with Gasteiger partial charge in [0.1, 0.15) is 0 Å². The quantitative estimate of drug-likeness (QED) is 0.775. The second kappa shape index (κ2) is 5.05. The third kappa shape index (κ3) is 2.60. The van der Waals surface area contributed by atoms with Gasteiger partial charge in [-0.3, -0.25) is 0 Å². The van der Waals surface area contributed by atoms with Crippen LogP contribution in [-0.2, 0) is 0 Å². The van der Waals surface area contributed by atoms with Gasteiger partial charge in [0.05, 0.1) is 0 Å². The van der Waals surface area contributed by atoms with Crippen LogP contribution in [0.3, 0.4) is 0 Å². The Morgan fingerprint density at radius 1 is 1.12 bits per heavy atom. The molecule has 0 bridgehead atoms. The molecule has 0 aromatic rings. The van der Waals surface area contributed by atoms with E-state index in [-0.39, 0.29) is 0 Å². The molecule has 0 radical (unpaired) electrons. The molecule has 2 fully saturated rings. The van der Waals surface area contributed by atoms with Crippen molar-refractivity contribution in [3.8, 4) is 0 Å². The van der Waals surface area contributed by atoms with Crippen molar-refractivity contribution in [1.29, 1.82) is 0 Å². The van der Waals surface area contributed by atoms with Crippen molar-refractivity contribution < 1.29 is 0 Å². The Labute approximate surface area is 101 Å². The van der Waals surface area contributed by atoms with Crippen LogP contribution in [0, 0.1) is 11.8 Å². The summed E-state index contributed by atoms with van der Waals surface area (Å²) in [6.45, 7) is 8.43. The highest BCUT2D eigenvalue weighted by Gasteiger charge is 2.32. The van der Waals surface area contributed by atoms with Gasteiger partial charge in [-0.1, -0.05) is 26.7 Å². The molecule has 2 heteroatoms. The number of nitrogens with zero attached hydrogens (tertiary/aromatic N) is 1. The van der Waals surface area contributed by atoms with Gasteiger partial charge < -0.3 is 10.2 Å². The smallest absolute Gasteiger partial charge is 0.0212 e. The number of hydrogen-bond donors (Lipinski definition) is 1. The molecule has 5 atom stereocenters. The first-order valence-electron chi connectivity index (χ1n) is 7.04. The third-order valence-electron chi connectivity index (χ3n) is 5.04. The predicted molar refractivity (Wildman–Crippen MR) is 69.6 cm³/mol. The molecule has 0 aromatic heterocycles. The zero-order valence-electron chi connectivity index (χ0n) is 11.4. The SMILES string of the molecule is CC1CCCC(NC2CC(C)N(C)C2)C1C. The number of likely N-dealkylation sites (N-methyl/N-ethyl adjacent to an activating group) is 1. The molecular weight excluding hydrogens is 196 g/mol. The van der Waals surface area contributed by atoms with Gasteiger partial charge in [-0.2, -0.15) is 0 Å². The van der Waals surface area contributed by atoms with Crippen molar-refractivity contribution in [2.75, 3.05) is 13.6 Å². The lowest BCUT2D eigenvalue weighted by atomic mass is 9.78. The molecule has 2 nitrogen and oxygen atoms in total. The average Bonchev–Trinajstić information content (AvgIpc) is 2.54. The number of rotatable bonds is 2. The van der Waals surface area contributed by atoms with Gasteiger partial charge >= 0.3 is 0 Å². The predicted octanol–water partition coefficient (Wildman–Crippen LogP) is 2.49. The van der Waals surface area contributed by atoms with E-state index < -0.39 is 0 Å². The summed E-state index contributed by atoms with van der Waals surface area (Å²) in [5, 5.41) is 3.92. The van der Waals surface area contributed by atoms with Crippen LogP contribution in [0.5, 0.6) is 0 Å². The van der Waals surface area contributed by atoms with E-state index in [1.165, 1.54) is 32.2 Å². The van der Waals surface area contributed by atoms with Gasteiger partial charge in [-0.25, -0.2) is 0 Å². The second-order valence-corrected chi connectivity index (χ2v) is 6.26. The van der Waals surface area contributed by atoms with Crippen LogP contribution >= 0.6 is 0 Å². The number of likely N-dealkylation sites (tertiary alicyclic amines) is 1. The van der Waals surface area contributed by atoms with Gasteiger partial charge in [-0.15, -0.1) is 0 Å². The molecule has 5 unspecified atom stereocenters. The Balaban J connectivity index is 1.85. The Morgan fingerprint density at radius 3 is 2.50 bits per heavy atom. The lowest BCUT2D eigenvalue weighted by Gasteiger charge is -2.36. The van der Waals surface area contributed by atoms with Crippen LogP contribution < -0.4 is 5.32 Å². The van der Waals surface area contributed by atoms with Crippen molar-refractivity contribution in [1.82, 2.24) is 10.2 Å². The van der Waals surface area contributed by atoms with E-state index in [9.17, 15) is 0 Å². The summed E-state index contributed by atoms with van der Waals surface area (Å²) < 4.78 is 0. The molecule has 1 N–H and O–H groups in total. The van der Waals surface area contributed by atoms with Crippen molar-refractivity contribution in [3.05, 3.63) is 0 Å². The maximum absolute atomic E-state index is 3.92. The lowest BCUT2D eigenvalue weighted by molar-refractivity contribution is 0.193. The highest BCUT2D eigenvalue weighted by molar-refractivity contribution is 4.90. The van der Waals surface area contributed by atoms with Gasteiger partial charge in [-0.05, 0) is 38.6 Å². The van der Waals surface area contributed by atoms with E-state index in [1.54, 1.807) is 0 Å². The van der Waals surface area contributed by atoms with E-state index in [0.717, 1.165) is 30.0 Å². The maximum Gasteiger partial charge on any atom is 0.0212 e. The summed E-state index contributed by atoms with van der Waals surface area (Å²) in [7, 11) is 2.25. The van der Waals surface area contributed by atoms with Crippen LogP contribution in [0.15, 0.2) is 0 Å². The highest BCUT2D eigenvalue weighted by Crippen LogP contribution is 2.30. The Morgan fingerprint density at radius 2 is 1.88 bits per heavy atom. The van der Waals surface area contributed by atoms with Gasteiger partial charge in [0.2, 0.25) is 0 Å². The number of nitrogens with one attached hydrogen (secondary N) is 1. The largest absolute Gasteiger partial charge is 0.310 e. The normalized spacial score (nSPS) is 46.1. The summed E-state index contributed by atoms with van der Waals surface area (Å²) in [6, 6.07) is 2.26. The Hall–Kier alpha value is -0.0800. The Bertz CT molecular complexity index is 219. The Kier molecular flexibility index (Phi) is 3.91. The molecule has 1 heterocycles. The summed E-state index contributed by atoms with van der Waals surface area (Å²) in [6.07, 6.45) is 5.57. The van der Waals surface area contributed by atoms with Gasteiger partial charge in [0.15, 0.2) is 0 Å².